The van der Waals surface area contributed by atoms with Crippen molar-refractivity contribution in [3.63, 3.8) is 0 Å². The predicted octanol–water partition coefficient (Wildman–Crippen LogP) is 9.33. The van der Waals surface area contributed by atoms with Gasteiger partial charge in [-0.2, -0.15) is 4.39 Å². The van der Waals surface area contributed by atoms with Crippen molar-refractivity contribution in [2.45, 2.75) is 64.7 Å². The summed E-state index contributed by atoms with van der Waals surface area (Å²) in [4.78, 5) is 0. The van der Waals surface area contributed by atoms with Gasteiger partial charge in [0.05, 0.1) is 6.61 Å². The van der Waals surface area contributed by atoms with Gasteiger partial charge in [0.2, 0.25) is 5.82 Å². The molecule has 0 radical (unpaired) electrons. The monoisotopic (exact) mass is 510 g/mol. The summed E-state index contributed by atoms with van der Waals surface area (Å²) >= 11 is 0. The summed E-state index contributed by atoms with van der Waals surface area (Å²) < 4.78 is 64.0. The maximum absolute atomic E-state index is 15.1. The van der Waals surface area contributed by atoms with Gasteiger partial charge in [0, 0.05) is 11.1 Å². The molecule has 1 aliphatic carbocycles. The van der Waals surface area contributed by atoms with Gasteiger partial charge >= 0.3 is 0 Å². The lowest BCUT2D eigenvalue weighted by atomic mass is 9.78. The highest BCUT2D eigenvalue weighted by molar-refractivity contribution is 5.66. The average Bonchev–Trinajstić information content (AvgIpc) is 2.92. The quantitative estimate of drug-likeness (QED) is 0.206. The van der Waals surface area contributed by atoms with E-state index in [0.717, 1.165) is 44.9 Å². The van der Waals surface area contributed by atoms with Crippen LogP contribution < -0.4 is 4.74 Å². The minimum Gasteiger partial charge on any atom is -0.491 e. The second-order valence-corrected chi connectivity index (χ2v) is 9.75. The van der Waals surface area contributed by atoms with Crippen LogP contribution in [0.4, 0.5) is 17.6 Å². The number of benzene rings is 3. The first-order valence-corrected chi connectivity index (χ1v) is 13.3. The second-order valence-electron chi connectivity index (χ2n) is 9.75. The molecule has 3 aromatic carbocycles. The van der Waals surface area contributed by atoms with Crippen LogP contribution in [0.25, 0.3) is 11.1 Å². The smallest absolute Gasteiger partial charge is 0.201 e. The third-order valence-corrected chi connectivity index (χ3v) is 7.40. The van der Waals surface area contributed by atoms with E-state index < -0.39 is 23.3 Å². The van der Waals surface area contributed by atoms with Gasteiger partial charge in [-0.25, -0.2) is 13.2 Å². The average molecular weight is 511 g/mol. The second kappa shape index (κ2) is 12.4. The van der Waals surface area contributed by atoms with E-state index in [4.69, 9.17) is 4.74 Å². The maximum Gasteiger partial charge on any atom is 0.201 e. The SMILES string of the molecule is CCOc1ccc(-c2ccc(C3CCC(C=CCCc4ccc(CC)cc4)CC3)c(F)c2F)c(F)c1F. The van der Waals surface area contributed by atoms with Crippen molar-refractivity contribution in [3.8, 4) is 16.9 Å². The van der Waals surface area contributed by atoms with E-state index in [2.05, 4.69) is 43.3 Å². The molecule has 1 aliphatic rings. The Hall–Kier alpha value is -3.08. The standard InChI is InChI=1S/C32H34F4O/c1-3-21-9-11-22(12-10-21)7-5-6-8-23-13-15-24(16-14-23)25-17-18-26(30(34)29(25)33)27-19-20-28(37-4-2)32(36)31(27)35/h6,8-12,17-20,23-24H,3-5,7,13-16H2,1-2H3. The molecule has 3 aromatic rings. The lowest BCUT2D eigenvalue weighted by Crippen LogP contribution is -2.14. The normalized spacial score (nSPS) is 17.9. The molecule has 0 saturated heterocycles. The summed E-state index contributed by atoms with van der Waals surface area (Å²) in [6.07, 6.45) is 10.9. The highest BCUT2D eigenvalue weighted by Gasteiger charge is 2.27. The van der Waals surface area contributed by atoms with Crippen LogP contribution in [0.1, 0.15) is 68.6 Å². The molecular formula is C32H34F4O. The Labute approximate surface area is 217 Å². The lowest BCUT2D eigenvalue weighted by molar-refractivity contribution is 0.314. The Morgan fingerprint density at radius 2 is 1.35 bits per heavy atom. The van der Waals surface area contributed by atoms with Crippen LogP contribution in [0.3, 0.4) is 0 Å². The van der Waals surface area contributed by atoms with Crippen LogP contribution in [-0.2, 0) is 12.8 Å². The van der Waals surface area contributed by atoms with Gasteiger partial charge < -0.3 is 4.74 Å². The molecule has 0 unspecified atom stereocenters. The molecule has 5 heteroatoms. The Kier molecular flexibility index (Phi) is 9.07. The first kappa shape index (κ1) is 27.0. The Bertz CT molecular complexity index is 1220. The van der Waals surface area contributed by atoms with Crippen LogP contribution in [0.5, 0.6) is 5.75 Å². The minimum atomic E-state index is -1.25. The molecule has 0 amide bonds. The van der Waals surface area contributed by atoms with Crippen molar-refractivity contribution in [1.29, 1.82) is 0 Å². The molecule has 37 heavy (non-hydrogen) atoms. The van der Waals surface area contributed by atoms with E-state index in [1.807, 2.05) is 0 Å². The molecule has 1 saturated carbocycles. The Morgan fingerprint density at radius 1 is 0.730 bits per heavy atom. The third kappa shape index (κ3) is 6.26. The predicted molar refractivity (Wildman–Crippen MR) is 141 cm³/mol. The summed E-state index contributed by atoms with van der Waals surface area (Å²) in [5.74, 6) is -4.48. The molecule has 0 aromatic heterocycles. The molecule has 196 valence electrons. The Morgan fingerprint density at radius 3 is 2.00 bits per heavy atom. The van der Waals surface area contributed by atoms with Crippen molar-refractivity contribution in [1.82, 2.24) is 0 Å². The zero-order chi connectivity index (χ0) is 26.4. The number of halogens is 4. The summed E-state index contributed by atoms with van der Waals surface area (Å²) in [6.45, 7) is 3.97. The van der Waals surface area contributed by atoms with E-state index in [1.54, 1.807) is 6.92 Å². The van der Waals surface area contributed by atoms with Crippen LogP contribution in [0, 0.1) is 29.2 Å². The van der Waals surface area contributed by atoms with Crippen LogP contribution in [0.2, 0.25) is 0 Å². The summed E-state index contributed by atoms with van der Waals surface area (Å²) in [5, 5.41) is 0. The fraction of sp³-hybridized carbons (Fsp3) is 0.375. The van der Waals surface area contributed by atoms with Gasteiger partial charge in [0.1, 0.15) is 0 Å². The first-order chi connectivity index (χ1) is 17.9. The zero-order valence-corrected chi connectivity index (χ0v) is 21.5. The first-order valence-electron chi connectivity index (χ1n) is 13.3. The highest BCUT2D eigenvalue weighted by atomic mass is 19.2. The number of rotatable bonds is 9. The summed E-state index contributed by atoms with van der Waals surface area (Å²) in [7, 11) is 0. The van der Waals surface area contributed by atoms with Gasteiger partial charge in [-0.15, -0.1) is 0 Å². The van der Waals surface area contributed by atoms with Crippen molar-refractivity contribution in [3.05, 3.63) is 101 Å². The summed E-state index contributed by atoms with van der Waals surface area (Å²) in [5.41, 5.74) is 2.38. The number of hydrogen-bond acceptors (Lipinski definition) is 1. The molecule has 0 bridgehead atoms. The van der Waals surface area contributed by atoms with Gasteiger partial charge in [-0.3, -0.25) is 0 Å². The van der Waals surface area contributed by atoms with E-state index >= 15 is 8.78 Å². The van der Waals surface area contributed by atoms with Gasteiger partial charge in [-0.05, 0) is 92.5 Å². The molecule has 4 rings (SSSR count). The summed E-state index contributed by atoms with van der Waals surface area (Å²) in [6, 6.07) is 14.1. The molecule has 0 N–H and O–H groups in total. The van der Waals surface area contributed by atoms with E-state index in [1.165, 1.54) is 35.4 Å². The molecule has 0 aliphatic heterocycles. The van der Waals surface area contributed by atoms with Crippen molar-refractivity contribution >= 4 is 0 Å². The van der Waals surface area contributed by atoms with Crippen LogP contribution >= 0.6 is 0 Å². The van der Waals surface area contributed by atoms with Crippen LogP contribution in [0.15, 0.2) is 60.7 Å². The van der Waals surface area contributed by atoms with E-state index in [0.29, 0.717) is 11.5 Å². The molecular weight excluding hydrogens is 476 g/mol. The molecule has 0 heterocycles. The fourth-order valence-electron chi connectivity index (χ4n) is 5.20. The maximum atomic E-state index is 15.1. The molecule has 0 spiro atoms. The lowest BCUT2D eigenvalue weighted by Gasteiger charge is -2.27. The van der Waals surface area contributed by atoms with Crippen molar-refractivity contribution in [2.24, 2.45) is 5.92 Å². The molecule has 1 nitrogen and oxygen atoms in total. The zero-order valence-electron chi connectivity index (χ0n) is 21.5. The minimum absolute atomic E-state index is 0.0906. The largest absolute Gasteiger partial charge is 0.491 e. The van der Waals surface area contributed by atoms with Crippen LogP contribution in [-0.4, -0.2) is 6.61 Å². The number of ether oxygens (including phenoxy) is 1. The van der Waals surface area contributed by atoms with Gasteiger partial charge in [0.15, 0.2) is 23.2 Å². The van der Waals surface area contributed by atoms with Gasteiger partial charge in [-0.1, -0.05) is 55.5 Å². The highest BCUT2D eigenvalue weighted by Crippen LogP contribution is 2.40. The third-order valence-electron chi connectivity index (χ3n) is 7.40. The van der Waals surface area contributed by atoms with Crippen molar-refractivity contribution < 1.29 is 22.3 Å². The molecule has 1 fully saturated rings. The van der Waals surface area contributed by atoms with E-state index in [9.17, 15) is 8.78 Å². The number of allylic oxidation sites excluding steroid dienone is 2. The van der Waals surface area contributed by atoms with Gasteiger partial charge in [0.25, 0.3) is 0 Å². The molecule has 0 atom stereocenters. The van der Waals surface area contributed by atoms with Crippen molar-refractivity contribution in [2.75, 3.05) is 6.61 Å². The van der Waals surface area contributed by atoms with E-state index in [-0.39, 0.29) is 29.4 Å². The Balaban J connectivity index is 1.36. The number of aryl methyl sites for hydroxylation is 2. The fourth-order valence-corrected chi connectivity index (χ4v) is 5.20. The topological polar surface area (TPSA) is 9.23 Å². The number of hydrogen-bond donors (Lipinski definition) is 0.